The fraction of sp³-hybridized carbons (Fsp3) is 0.462. The number of likely N-dealkylation sites (tertiary alicyclic amines) is 1. The summed E-state index contributed by atoms with van der Waals surface area (Å²) in [5, 5.41) is 16.5. The first kappa shape index (κ1) is 36.4. The number of carboxylic acid groups (broad SMARTS) is 1. The molecule has 1 saturated heterocycles. The molecule has 3 N–H and O–H groups in total. The number of aromatic nitrogens is 1. The molecule has 0 bridgehead atoms. The van der Waals surface area contributed by atoms with Gasteiger partial charge in [0.2, 0.25) is 11.8 Å². The van der Waals surface area contributed by atoms with Crippen molar-refractivity contribution in [1.82, 2.24) is 20.5 Å². The lowest BCUT2D eigenvalue weighted by Gasteiger charge is -2.36. The minimum absolute atomic E-state index is 0.177. The molecule has 1 aliphatic carbocycles. The maximum absolute atomic E-state index is 14.5. The number of ether oxygens (including phenoxy) is 2. The molecule has 11 nitrogen and oxygen atoms in total. The van der Waals surface area contributed by atoms with Gasteiger partial charge in [0.1, 0.15) is 29.0 Å². The number of nitrogens with zero attached hydrogens (tertiary/aromatic N) is 2. The molecule has 50 heavy (non-hydrogen) atoms. The van der Waals surface area contributed by atoms with Crippen LogP contribution >= 0.6 is 0 Å². The predicted molar refractivity (Wildman–Crippen MR) is 190 cm³/mol. The van der Waals surface area contributed by atoms with E-state index in [4.69, 9.17) is 14.5 Å². The first-order chi connectivity index (χ1) is 23.5. The van der Waals surface area contributed by atoms with Gasteiger partial charge in [0, 0.05) is 29.5 Å². The minimum atomic E-state index is -1.46. The summed E-state index contributed by atoms with van der Waals surface area (Å²) in [5.74, 6) is -2.06. The number of alkyl carbamates (subject to hydrolysis) is 1. The van der Waals surface area contributed by atoms with Crippen LogP contribution in [0.5, 0.6) is 5.75 Å². The number of aliphatic carboxylic acids is 1. The van der Waals surface area contributed by atoms with E-state index in [2.05, 4.69) is 17.2 Å². The first-order valence-corrected chi connectivity index (χ1v) is 17.0. The van der Waals surface area contributed by atoms with Crippen molar-refractivity contribution in [3.05, 3.63) is 72.8 Å². The summed E-state index contributed by atoms with van der Waals surface area (Å²) < 4.78 is 11.0. The Morgan fingerprint density at radius 3 is 2.36 bits per heavy atom. The van der Waals surface area contributed by atoms with Crippen molar-refractivity contribution in [2.75, 3.05) is 13.7 Å². The summed E-state index contributed by atoms with van der Waals surface area (Å²) in [5.41, 5.74) is 0.473. The summed E-state index contributed by atoms with van der Waals surface area (Å²) in [7, 11) is 1.61. The number of hydrogen-bond acceptors (Lipinski definition) is 7. The second kappa shape index (κ2) is 13.8. The average Bonchev–Trinajstić information content (AvgIpc) is 3.61. The number of carboxylic acids is 1. The number of hydrogen-bond donors (Lipinski definition) is 3. The Balaban J connectivity index is 1.51. The van der Waals surface area contributed by atoms with E-state index in [1.54, 1.807) is 27.9 Å². The van der Waals surface area contributed by atoms with Crippen molar-refractivity contribution in [2.24, 2.45) is 17.3 Å². The number of carbonyl (C=O) groups excluding carboxylic acids is 3. The van der Waals surface area contributed by atoms with E-state index in [9.17, 15) is 24.3 Å². The number of fused-ring (bicyclic) bond motifs is 1. The highest BCUT2D eigenvalue weighted by Gasteiger charge is 2.61. The van der Waals surface area contributed by atoms with Gasteiger partial charge < -0.3 is 30.1 Å². The van der Waals surface area contributed by atoms with Crippen molar-refractivity contribution in [3.63, 3.8) is 0 Å². The number of amides is 3. The van der Waals surface area contributed by atoms with Gasteiger partial charge in [-0.15, -0.1) is 6.58 Å². The fourth-order valence-electron chi connectivity index (χ4n) is 6.77. The monoisotopic (exact) mass is 684 g/mol. The van der Waals surface area contributed by atoms with Crippen LogP contribution in [0.4, 0.5) is 4.79 Å². The van der Waals surface area contributed by atoms with Gasteiger partial charge >= 0.3 is 12.1 Å². The number of pyridine rings is 1. The quantitative estimate of drug-likeness (QED) is 0.229. The van der Waals surface area contributed by atoms with Crippen LogP contribution < -0.4 is 15.4 Å². The maximum atomic E-state index is 14.5. The molecule has 0 spiro atoms. The van der Waals surface area contributed by atoms with Crippen molar-refractivity contribution in [3.8, 4) is 17.0 Å². The molecule has 0 radical (unpaired) electrons. The van der Waals surface area contributed by atoms with Gasteiger partial charge in [-0.1, -0.05) is 57.2 Å². The molecule has 2 heterocycles. The third-order valence-electron chi connectivity index (χ3n) is 9.46. The molecule has 1 aliphatic heterocycles. The SMILES string of the molecule is C=CC1CC1(NC(=O)[C@@H]1C[C@@H](Cc2cc(-c3ccccc3)nc3cc(OC)ccc23)CN1C(=O)[C@@H](NC(=O)OC(C)(C)C)C(C)(C)C)C(=O)O. The summed E-state index contributed by atoms with van der Waals surface area (Å²) in [6.45, 7) is 14.6. The van der Waals surface area contributed by atoms with E-state index in [0.29, 0.717) is 12.2 Å². The topological polar surface area (TPSA) is 147 Å². The molecule has 1 saturated carbocycles. The highest BCUT2D eigenvalue weighted by molar-refractivity contribution is 5.96. The Bertz CT molecular complexity index is 1800. The predicted octanol–water partition coefficient (Wildman–Crippen LogP) is 5.75. The molecule has 5 rings (SSSR count). The van der Waals surface area contributed by atoms with Crippen molar-refractivity contribution in [2.45, 2.75) is 84.0 Å². The highest BCUT2D eigenvalue weighted by Crippen LogP contribution is 2.45. The molecule has 3 amide bonds. The molecule has 2 unspecified atom stereocenters. The molecular weight excluding hydrogens is 636 g/mol. The summed E-state index contributed by atoms with van der Waals surface area (Å²) >= 11 is 0. The Kier molecular flexibility index (Phi) is 10.0. The van der Waals surface area contributed by atoms with E-state index in [1.807, 2.05) is 75.4 Å². The number of benzene rings is 2. The zero-order chi connectivity index (χ0) is 36.6. The molecule has 3 aromatic rings. The van der Waals surface area contributed by atoms with Crippen LogP contribution in [-0.4, -0.2) is 75.7 Å². The first-order valence-electron chi connectivity index (χ1n) is 17.0. The molecule has 1 aromatic heterocycles. The summed E-state index contributed by atoms with van der Waals surface area (Å²) in [6.07, 6.45) is 1.81. The molecule has 2 aromatic carbocycles. The van der Waals surface area contributed by atoms with Gasteiger partial charge in [-0.25, -0.2) is 14.6 Å². The third-order valence-corrected chi connectivity index (χ3v) is 9.46. The molecule has 2 aliphatic rings. The lowest BCUT2D eigenvalue weighted by molar-refractivity contribution is -0.146. The van der Waals surface area contributed by atoms with Crippen LogP contribution in [0.25, 0.3) is 22.2 Å². The van der Waals surface area contributed by atoms with Crippen LogP contribution in [0.2, 0.25) is 0 Å². The number of rotatable bonds is 10. The number of nitrogens with one attached hydrogen (secondary N) is 2. The van der Waals surface area contributed by atoms with Crippen molar-refractivity contribution < 1.29 is 33.8 Å². The number of methoxy groups -OCH3 is 1. The molecular formula is C39H48N4O7. The van der Waals surface area contributed by atoms with E-state index in [-0.39, 0.29) is 25.3 Å². The summed E-state index contributed by atoms with van der Waals surface area (Å²) in [6, 6.07) is 15.6. The van der Waals surface area contributed by atoms with E-state index < -0.39 is 58.4 Å². The van der Waals surface area contributed by atoms with E-state index >= 15 is 0 Å². The largest absolute Gasteiger partial charge is 0.497 e. The van der Waals surface area contributed by atoms with Crippen molar-refractivity contribution in [1.29, 1.82) is 0 Å². The molecule has 11 heteroatoms. The third kappa shape index (κ3) is 7.77. The Hall–Kier alpha value is -4.93. The van der Waals surface area contributed by atoms with Crippen LogP contribution in [0, 0.1) is 17.3 Å². The van der Waals surface area contributed by atoms with Gasteiger partial charge in [-0.3, -0.25) is 9.59 Å². The second-order valence-electron chi connectivity index (χ2n) is 15.5. The van der Waals surface area contributed by atoms with Crippen LogP contribution in [0.3, 0.4) is 0 Å². The Morgan fingerprint density at radius 1 is 1.08 bits per heavy atom. The lowest BCUT2D eigenvalue weighted by Crippen LogP contribution is -2.59. The second-order valence-corrected chi connectivity index (χ2v) is 15.5. The van der Waals surface area contributed by atoms with Gasteiger partial charge in [0.05, 0.1) is 18.3 Å². The standard InChI is InChI=1S/C39H48N4O7/c1-9-26-21-39(26,35(46)47)42-33(44)31-18-23(22-43(31)34(45)32(37(2,3)4)41-36(48)50-38(5,6)7)17-25-19-29(24-13-11-10-12-14-24)40-30-20-27(49-8)15-16-28(25)30/h9-16,19-20,23,26,31-32H,1,17-18,21-22H2,2-8H3,(H,41,48)(H,42,44)(H,46,47)/t23-,26?,31+,32-,39?/m1/s1. The van der Waals surface area contributed by atoms with Crippen LogP contribution in [0.1, 0.15) is 59.9 Å². The van der Waals surface area contributed by atoms with Crippen LogP contribution in [0.15, 0.2) is 67.3 Å². The minimum Gasteiger partial charge on any atom is -0.497 e. The zero-order valence-corrected chi connectivity index (χ0v) is 29.9. The lowest BCUT2D eigenvalue weighted by atomic mass is 9.85. The molecule has 266 valence electrons. The fourth-order valence-corrected chi connectivity index (χ4v) is 6.77. The maximum Gasteiger partial charge on any atom is 0.408 e. The van der Waals surface area contributed by atoms with Crippen molar-refractivity contribution >= 4 is 34.8 Å². The average molecular weight is 685 g/mol. The smallest absolute Gasteiger partial charge is 0.408 e. The van der Waals surface area contributed by atoms with Gasteiger partial charge in [-0.2, -0.15) is 0 Å². The van der Waals surface area contributed by atoms with E-state index in [0.717, 1.165) is 27.7 Å². The molecule has 5 atom stereocenters. The Morgan fingerprint density at radius 2 is 1.78 bits per heavy atom. The molecule has 2 fully saturated rings. The van der Waals surface area contributed by atoms with Crippen LogP contribution in [-0.2, 0) is 25.5 Å². The van der Waals surface area contributed by atoms with Gasteiger partial charge in [0.15, 0.2) is 0 Å². The number of carbonyl (C=O) groups is 4. The Labute approximate surface area is 293 Å². The van der Waals surface area contributed by atoms with E-state index in [1.165, 1.54) is 11.0 Å². The highest BCUT2D eigenvalue weighted by atomic mass is 16.6. The zero-order valence-electron chi connectivity index (χ0n) is 29.9. The normalized spacial score (nSPS) is 22.4. The summed E-state index contributed by atoms with van der Waals surface area (Å²) in [4.78, 5) is 60.2. The van der Waals surface area contributed by atoms with Gasteiger partial charge in [0.25, 0.3) is 0 Å². The van der Waals surface area contributed by atoms with Gasteiger partial charge in [-0.05, 0) is 75.1 Å².